The van der Waals surface area contributed by atoms with Crippen LogP contribution in [-0.4, -0.2) is 5.71 Å². The van der Waals surface area contributed by atoms with Gasteiger partial charge in [0.05, 0.1) is 26.5 Å². The van der Waals surface area contributed by atoms with E-state index in [1.165, 1.54) is 19.3 Å². The van der Waals surface area contributed by atoms with Crippen molar-refractivity contribution in [2.24, 2.45) is 5.10 Å². The van der Waals surface area contributed by atoms with Crippen molar-refractivity contribution in [3.8, 4) is 0 Å². The molecule has 0 aliphatic carbocycles. The van der Waals surface area contributed by atoms with Gasteiger partial charge in [0, 0.05) is 5.02 Å². The number of allylic oxidation sites excluding steroid dienone is 1. The average Bonchev–Trinajstić information content (AvgIpc) is 2.64. The van der Waals surface area contributed by atoms with Crippen molar-refractivity contribution in [2.45, 2.75) is 39.0 Å². The van der Waals surface area contributed by atoms with E-state index in [-0.39, 0.29) is 0 Å². The number of hydrazone groups is 1. The maximum Gasteiger partial charge on any atom is 0.0749 e. The molecule has 0 bridgehead atoms. The van der Waals surface area contributed by atoms with Gasteiger partial charge >= 0.3 is 0 Å². The van der Waals surface area contributed by atoms with Gasteiger partial charge in [-0.15, -0.1) is 0 Å². The Morgan fingerprint density at radius 2 is 1.74 bits per heavy atom. The predicted octanol–water partition coefficient (Wildman–Crippen LogP) is 8.75. The van der Waals surface area contributed by atoms with Crippen molar-refractivity contribution in [3.63, 3.8) is 0 Å². The summed E-state index contributed by atoms with van der Waals surface area (Å²) in [4.78, 5) is 0. The lowest BCUT2D eigenvalue weighted by Gasteiger charge is -2.07. The fraction of sp³-hybridized carbons (Fsp3) is 0.286. The van der Waals surface area contributed by atoms with Gasteiger partial charge in [-0.1, -0.05) is 84.7 Å². The van der Waals surface area contributed by atoms with E-state index in [0.29, 0.717) is 20.1 Å². The summed E-state index contributed by atoms with van der Waals surface area (Å²) in [6, 6.07) is 10.8. The highest BCUT2D eigenvalue weighted by Crippen LogP contribution is 2.26. The number of hydrogen-bond acceptors (Lipinski definition) is 2. The fourth-order valence-corrected chi connectivity index (χ4v) is 3.19. The predicted molar refractivity (Wildman–Crippen MR) is 122 cm³/mol. The van der Waals surface area contributed by atoms with E-state index in [9.17, 15) is 0 Å². The minimum absolute atomic E-state index is 0.532. The van der Waals surface area contributed by atoms with Gasteiger partial charge in [-0.2, -0.15) is 5.10 Å². The highest BCUT2D eigenvalue weighted by atomic mass is 35.5. The Hall–Kier alpha value is -1.19. The van der Waals surface area contributed by atoms with Gasteiger partial charge in [0.2, 0.25) is 0 Å². The van der Waals surface area contributed by atoms with Gasteiger partial charge in [0.15, 0.2) is 0 Å². The molecule has 0 saturated heterocycles. The maximum absolute atomic E-state index is 6.20. The first-order chi connectivity index (χ1) is 13.0. The Kier molecular flexibility index (Phi) is 9.50. The summed E-state index contributed by atoms with van der Waals surface area (Å²) in [5, 5.41) is 6.73. The highest BCUT2D eigenvalue weighted by molar-refractivity contribution is 6.42. The zero-order valence-electron chi connectivity index (χ0n) is 15.1. The van der Waals surface area contributed by atoms with E-state index in [4.69, 9.17) is 46.4 Å². The number of unbranched alkanes of at least 4 members (excludes halogenated alkanes) is 3. The number of nitrogens with one attached hydrogen (secondary N) is 1. The monoisotopic (exact) mass is 442 g/mol. The quantitative estimate of drug-likeness (QED) is 0.233. The maximum atomic E-state index is 6.20. The molecule has 0 spiro atoms. The van der Waals surface area contributed by atoms with Gasteiger partial charge in [-0.05, 0) is 54.8 Å². The molecule has 2 aromatic rings. The first-order valence-corrected chi connectivity index (χ1v) is 10.4. The van der Waals surface area contributed by atoms with Crippen molar-refractivity contribution in [2.75, 3.05) is 5.43 Å². The molecular weight excluding hydrogens is 422 g/mol. The number of anilines is 1. The normalized spacial score (nSPS) is 12.0. The van der Waals surface area contributed by atoms with Crippen LogP contribution in [0.3, 0.4) is 0 Å². The van der Waals surface area contributed by atoms with Crippen LogP contribution in [0.1, 0.15) is 44.6 Å². The molecule has 2 nitrogen and oxygen atoms in total. The van der Waals surface area contributed by atoms with Gasteiger partial charge in [0.25, 0.3) is 0 Å². The molecule has 0 amide bonds. The third-order valence-electron chi connectivity index (χ3n) is 3.95. The summed E-state index contributed by atoms with van der Waals surface area (Å²) < 4.78 is 0. The molecule has 0 aromatic heterocycles. The van der Waals surface area contributed by atoms with E-state index in [0.717, 1.165) is 29.8 Å². The number of rotatable bonds is 9. The van der Waals surface area contributed by atoms with Gasteiger partial charge in [-0.25, -0.2) is 0 Å². The molecule has 1 N–H and O–H groups in total. The lowest BCUT2D eigenvalue weighted by molar-refractivity contribution is 0.683. The number of hydrogen-bond donors (Lipinski definition) is 1. The van der Waals surface area contributed by atoms with Crippen molar-refractivity contribution in [1.82, 2.24) is 0 Å². The summed E-state index contributed by atoms with van der Waals surface area (Å²) in [7, 11) is 0. The van der Waals surface area contributed by atoms with Crippen molar-refractivity contribution < 1.29 is 0 Å². The Morgan fingerprint density at radius 3 is 2.44 bits per heavy atom. The van der Waals surface area contributed by atoms with Crippen LogP contribution in [0, 0.1) is 0 Å². The van der Waals surface area contributed by atoms with Crippen molar-refractivity contribution >= 4 is 63.9 Å². The molecule has 0 aliphatic rings. The highest BCUT2D eigenvalue weighted by Gasteiger charge is 2.02. The van der Waals surface area contributed by atoms with Crippen molar-refractivity contribution in [1.29, 1.82) is 0 Å². The van der Waals surface area contributed by atoms with Crippen LogP contribution in [0.4, 0.5) is 5.69 Å². The lowest BCUT2D eigenvalue weighted by atomic mass is 10.1. The lowest BCUT2D eigenvalue weighted by Crippen LogP contribution is -2.00. The Bertz CT molecular complexity index is 816. The second kappa shape index (κ2) is 11.6. The summed E-state index contributed by atoms with van der Waals surface area (Å²) in [6.45, 7) is 2.20. The largest absolute Gasteiger partial charge is 0.277 e. The molecule has 0 unspecified atom stereocenters. The number of nitrogens with zero attached hydrogens (tertiary/aromatic N) is 1. The summed E-state index contributed by atoms with van der Waals surface area (Å²) >= 11 is 24.2. The molecule has 0 atom stereocenters. The zero-order chi connectivity index (χ0) is 19.6. The molecule has 0 fully saturated rings. The molecule has 27 heavy (non-hydrogen) atoms. The SMILES string of the molecule is CCCCCCC(/C=C/c1ccc(Cl)c(Cl)c1)=N/Nc1ccc(Cl)cc1Cl. The Labute approximate surface area is 181 Å². The van der Waals surface area contributed by atoms with Gasteiger partial charge in [0.1, 0.15) is 0 Å². The molecule has 6 heteroatoms. The first-order valence-electron chi connectivity index (χ1n) is 8.90. The van der Waals surface area contributed by atoms with Crippen LogP contribution in [0.5, 0.6) is 0 Å². The topological polar surface area (TPSA) is 24.4 Å². The van der Waals surface area contributed by atoms with Crippen LogP contribution in [0.2, 0.25) is 20.1 Å². The minimum atomic E-state index is 0.532. The number of halogens is 4. The summed E-state index contributed by atoms with van der Waals surface area (Å²) in [6.07, 6.45) is 9.51. The van der Waals surface area contributed by atoms with E-state index in [1.54, 1.807) is 18.2 Å². The van der Waals surface area contributed by atoms with E-state index in [2.05, 4.69) is 17.5 Å². The van der Waals surface area contributed by atoms with Crippen LogP contribution < -0.4 is 5.43 Å². The first kappa shape index (κ1) is 22.1. The zero-order valence-corrected chi connectivity index (χ0v) is 18.1. The molecule has 0 saturated carbocycles. The van der Waals surface area contributed by atoms with E-state index < -0.39 is 0 Å². The molecule has 0 aliphatic heterocycles. The average molecular weight is 444 g/mol. The van der Waals surface area contributed by atoms with Crippen LogP contribution in [-0.2, 0) is 0 Å². The van der Waals surface area contributed by atoms with Gasteiger partial charge < -0.3 is 0 Å². The Balaban J connectivity index is 2.13. The van der Waals surface area contributed by atoms with Crippen LogP contribution in [0.25, 0.3) is 6.08 Å². The van der Waals surface area contributed by atoms with Crippen LogP contribution in [0.15, 0.2) is 47.6 Å². The summed E-state index contributed by atoms with van der Waals surface area (Å²) in [5.74, 6) is 0. The van der Waals surface area contributed by atoms with Crippen LogP contribution >= 0.6 is 46.4 Å². The molecule has 144 valence electrons. The molecule has 0 heterocycles. The molecule has 2 aromatic carbocycles. The van der Waals surface area contributed by atoms with Crippen molar-refractivity contribution in [3.05, 3.63) is 68.1 Å². The standard InChI is InChI=1S/C21H22Cl4N2/c1-2-3-4-5-6-17(10-7-15-8-11-18(23)19(24)13-15)26-27-21-12-9-16(22)14-20(21)25/h7-14,27H,2-6H2,1H3/b10-7+,26-17-. The van der Waals surface area contributed by atoms with E-state index in [1.807, 2.05) is 30.4 Å². The smallest absolute Gasteiger partial charge is 0.0749 e. The van der Waals surface area contributed by atoms with Gasteiger partial charge in [-0.3, -0.25) is 5.43 Å². The second-order valence-corrected chi connectivity index (χ2v) is 7.81. The number of benzene rings is 2. The second-order valence-electron chi connectivity index (χ2n) is 6.16. The molecule has 2 rings (SSSR count). The third kappa shape index (κ3) is 7.75. The molecule has 0 radical (unpaired) electrons. The minimum Gasteiger partial charge on any atom is -0.277 e. The molecular formula is C21H22Cl4N2. The summed E-state index contributed by atoms with van der Waals surface area (Å²) in [5.41, 5.74) is 5.66. The fourth-order valence-electron chi connectivity index (χ4n) is 2.43. The van der Waals surface area contributed by atoms with E-state index >= 15 is 0 Å². The third-order valence-corrected chi connectivity index (χ3v) is 5.24. The Morgan fingerprint density at radius 1 is 0.926 bits per heavy atom.